The van der Waals surface area contributed by atoms with Crippen LogP contribution in [0, 0.1) is 0 Å². The molecule has 2 aliphatic rings. The largest absolute Gasteiger partial charge is 0.492 e. The number of fused-ring (bicyclic) bond motifs is 26. The van der Waals surface area contributed by atoms with Crippen molar-refractivity contribution in [3.05, 3.63) is 109 Å². The lowest BCUT2D eigenvalue weighted by atomic mass is 9.95. The second kappa shape index (κ2) is 31.4. The Bertz CT molecular complexity index is 5300. The summed E-state index contributed by atoms with van der Waals surface area (Å²) < 4.78 is 60.2. The fourth-order valence-electron chi connectivity index (χ4n) is 14.4. The van der Waals surface area contributed by atoms with E-state index in [4.69, 9.17) is 77.8 Å². The Hall–Kier alpha value is -10.6. The molecule has 7 heterocycles. The van der Waals surface area contributed by atoms with E-state index in [-0.39, 0.29) is 0 Å². The molecule has 8 bridgehead atoms. The van der Waals surface area contributed by atoms with Crippen LogP contribution in [0.1, 0.15) is 158 Å². The monoisotopic (exact) mass is 1410 g/mol. The van der Waals surface area contributed by atoms with Crippen LogP contribution in [0.2, 0.25) is 0 Å². The summed E-state index contributed by atoms with van der Waals surface area (Å²) in [5, 5.41) is 11.6. The first kappa shape index (κ1) is 70.1. The highest BCUT2D eigenvalue weighted by Crippen LogP contribution is 2.57. The van der Waals surface area contributed by atoms with Crippen LogP contribution in [0.4, 0.5) is 0 Å². The molecule has 1 N–H and O–H groups in total. The predicted octanol–water partition coefficient (Wildman–Crippen LogP) is 22.0. The van der Waals surface area contributed by atoms with Gasteiger partial charge in [0.15, 0.2) is 34.8 Å². The summed E-state index contributed by atoms with van der Waals surface area (Å²) in [5.41, 5.74) is 5.47. The van der Waals surface area contributed by atoms with Gasteiger partial charge in [0.25, 0.3) is 0 Å². The summed E-state index contributed by atoms with van der Waals surface area (Å²) in [6.07, 6.45) is 17.1. The van der Waals surface area contributed by atoms with E-state index in [1.807, 2.05) is 36.0 Å². The molecule has 0 aliphatic carbocycles. The van der Waals surface area contributed by atoms with Crippen LogP contribution in [-0.4, -0.2) is 102 Å². The van der Waals surface area contributed by atoms with Crippen LogP contribution in [0.25, 0.3) is 155 Å². The fourth-order valence-corrected chi connectivity index (χ4v) is 14.4. The Morgan fingerprint density at radius 1 is 0.295 bits per heavy atom. The van der Waals surface area contributed by atoms with E-state index in [2.05, 4.69) is 139 Å². The Kier molecular flexibility index (Phi) is 20.9. The number of benzene rings is 8. The molecule has 540 valence electrons. The van der Waals surface area contributed by atoms with Gasteiger partial charge in [-0.05, 0) is 121 Å². The van der Waals surface area contributed by atoms with Crippen molar-refractivity contribution in [1.82, 2.24) is 49.4 Å². The fraction of sp³-hybridized carbons (Fsp3) is 0.379. The number of nitrogens with one attached hydrogen (secondary N) is 1. The number of nitrogens with zero attached hydrogens (tertiary/aromatic N) is 9. The minimum atomic E-state index is 0.320. The second-order valence-corrected chi connectivity index (χ2v) is 27.5. The molecule has 0 unspecified atom stereocenters. The van der Waals surface area contributed by atoms with Gasteiger partial charge in [0.1, 0.15) is 68.1 Å². The average Bonchev–Trinajstić information content (AvgIpc) is 1.59. The first-order valence-electron chi connectivity index (χ1n) is 38.5. The van der Waals surface area contributed by atoms with E-state index in [1.54, 1.807) is 6.20 Å². The van der Waals surface area contributed by atoms with E-state index in [0.717, 1.165) is 157 Å². The molecule has 18 heteroatoms. The van der Waals surface area contributed by atoms with E-state index in [0.29, 0.717) is 200 Å². The van der Waals surface area contributed by atoms with E-state index < -0.39 is 0 Å². The number of pyridine rings is 2. The SMILES string of the molecule is CCCCOc1c2c(c(OCCCC)c3cc4ccccc4cc13)-c1nc-2nc2[nH]c(nc3nc(nc4c5c(OCCCC)c6cccnc6c(OCCCC)c5c(n1)n4C)-c1c-3c(OCCCC)c3cc4ccccc4cc3c1OCCCC)c1c(OCCCC)c3ncccc3c(OCCCC)c21. The molecule has 0 fully saturated rings. The van der Waals surface area contributed by atoms with Crippen molar-refractivity contribution in [2.75, 3.05) is 52.9 Å². The number of aromatic amines is 1. The number of aromatic nitrogens is 10. The zero-order chi connectivity index (χ0) is 72.1. The lowest BCUT2D eigenvalue weighted by molar-refractivity contribution is 0.308. The van der Waals surface area contributed by atoms with Gasteiger partial charge in [0, 0.05) is 51.8 Å². The molecule has 18 nitrogen and oxygen atoms in total. The maximum Gasteiger partial charge on any atom is 0.168 e. The summed E-state index contributed by atoms with van der Waals surface area (Å²) in [7, 11) is 2.00. The van der Waals surface area contributed by atoms with Crippen molar-refractivity contribution >= 4 is 109 Å². The Morgan fingerprint density at radius 2 is 0.571 bits per heavy atom. The molecule has 0 saturated carbocycles. The maximum absolute atomic E-state index is 7.34. The number of hydrogen-bond acceptors (Lipinski definition) is 16. The van der Waals surface area contributed by atoms with Gasteiger partial charge in [-0.25, -0.2) is 29.9 Å². The lowest BCUT2D eigenvalue weighted by Crippen LogP contribution is -2.04. The zero-order valence-electron chi connectivity index (χ0n) is 62.2. The third-order valence-corrected chi connectivity index (χ3v) is 20.0. The van der Waals surface area contributed by atoms with Crippen molar-refractivity contribution in [3.8, 4) is 91.5 Å². The van der Waals surface area contributed by atoms with Gasteiger partial charge in [-0.3, -0.25) is 9.97 Å². The molecule has 0 amide bonds. The molecule has 0 atom stereocenters. The first-order valence-corrected chi connectivity index (χ1v) is 38.5. The standard InChI is InChI=1S/C87H94N10O8/c1-10-18-40-98-72-56-36-30-38-88-70(56)78(104-46-24-16-7)67-66(72)82-90-80-62-65(77(103-45-23-15-6)61-51-55-35-29-26-32-52(55)48-58(61)74(62)100-42-20-12-3)85(93-80)96-87-69-68(73(99-41-19-11-2)57-37-31-39-89-71(57)79(69)105-47-25-17-8)86(97(87)9)95-84-64-63(81(94-84)91-83(67)92-82)75(101-43-21-13-4)59-49-53-33-27-28-34-54(53)50-60(59)76(64)102-44-22-14-5/h26-39,48-51H,10-25,40-47H2,1-9H3,(H,90,91,92,93,94,95,96). The molecular formula is C87H94N10O8. The third kappa shape index (κ3) is 13.0. The van der Waals surface area contributed by atoms with Crippen molar-refractivity contribution in [2.45, 2.75) is 158 Å². The van der Waals surface area contributed by atoms with Crippen molar-refractivity contribution in [3.63, 3.8) is 0 Å². The minimum absolute atomic E-state index is 0.320. The first-order chi connectivity index (χ1) is 51.7. The van der Waals surface area contributed by atoms with Gasteiger partial charge in [0.2, 0.25) is 0 Å². The van der Waals surface area contributed by atoms with Crippen LogP contribution in [0.3, 0.4) is 0 Å². The molecule has 15 rings (SSSR count). The summed E-state index contributed by atoms with van der Waals surface area (Å²) in [5.74, 6) is 5.95. The number of unbranched alkanes of at least 4 members (excludes halogenated alkanes) is 8. The topological polar surface area (TPSA) is 198 Å². The van der Waals surface area contributed by atoms with Crippen LogP contribution < -0.4 is 37.9 Å². The zero-order valence-corrected chi connectivity index (χ0v) is 62.2. The predicted molar refractivity (Wildman–Crippen MR) is 425 cm³/mol. The molecule has 13 aromatic rings. The molecular weight excluding hydrogens is 1310 g/mol. The Labute approximate surface area is 612 Å². The van der Waals surface area contributed by atoms with E-state index in [1.165, 1.54) is 0 Å². The lowest BCUT2D eigenvalue weighted by Gasteiger charge is -2.19. The molecule has 0 radical (unpaired) electrons. The second-order valence-electron chi connectivity index (χ2n) is 27.5. The van der Waals surface area contributed by atoms with Crippen molar-refractivity contribution < 1.29 is 37.9 Å². The third-order valence-electron chi connectivity index (χ3n) is 20.0. The smallest absolute Gasteiger partial charge is 0.168 e. The van der Waals surface area contributed by atoms with E-state index >= 15 is 0 Å². The minimum Gasteiger partial charge on any atom is -0.492 e. The molecule has 0 saturated heterocycles. The van der Waals surface area contributed by atoms with Gasteiger partial charge in [0.05, 0.1) is 96.7 Å². The number of ether oxygens (including phenoxy) is 8. The van der Waals surface area contributed by atoms with Crippen LogP contribution in [0.5, 0.6) is 46.0 Å². The summed E-state index contributed by atoms with van der Waals surface area (Å²) in [6.45, 7) is 20.6. The molecule has 5 aromatic heterocycles. The van der Waals surface area contributed by atoms with Gasteiger partial charge in [-0.2, -0.15) is 0 Å². The maximum atomic E-state index is 7.34. The normalized spacial score (nSPS) is 12.0. The summed E-state index contributed by atoms with van der Waals surface area (Å²) in [4.78, 5) is 49.8. The van der Waals surface area contributed by atoms with Crippen LogP contribution in [0.15, 0.2) is 109 Å². The van der Waals surface area contributed by atoms with Gasteiger partial charge >= 0.3 is 0 Å². The Balaban J connectivity index is 1.24. The van der Waals surface area contributed by atoms with E-state index in [9.17, 15) is 0 Å². The number of hydrogen-bond donors (Lipinski definition) is 1. The molecule has 105 heavy (non-hydrogen) atoms. The van der Waals surface area contributed by atoms with Crippen LogP contribution >= 0.6 is 0 Å². The quantitative estimate of drug-likeness (QED) is 0.0308. The van der Waals surface area contributed by atoms with Crippen LogP contribution in [-0.2, 0) is 7.05 Å². The van der Waals surface area contributed by atoms with Gasteiger partial charge < -0.3 is 47.4 Å². The molecule has 2 aliphatic heterocycles. The Morgan fingerprint density at radius 3 is 0.905 bits per heavy atom. The summed E-state index contributed by atoms with van der Waals surface area (Å²) >= 11 is 0. The number of rotatable bonds is 32. The molecule has 0 spiro atoms. The van der Waals surface area contributed by atoms with Crippen molar-refractivity contribution in [1.29, 1.82) is 0 Å². The average molecular weight is 1410 g/mol. The molecule has 8 aromatic carbocycles. The highest BCUT2D eigenvalue weighted by Gasteiger charge is 2.37. The highest BCUT2D eigenvalue weighted by atomic mass is 16.5. The highest BCUT2D eigenvalue weighted by molar-refractivity contribution is 6.23. The van der Waals surface area contributed by atoms with Gasteiger partial charge in [-0.15, -0.1) is 0 Å². The van der Waals surface area contributed by atoms with Crippen molar-refractivity contribution in [2.24, 2.45) is 7.05 Å². The summed E-state index contributed by atoms with van der Waals surface area (Å²) in [6, 6.07) is 33.7. The van der Waals surface area contributed by atoms with Gasteiger partial charge in [-0.1, -0.05) is 155 Å². The number of aryl methyl sites for hydroxylation is 1. The number of H-pyrrole nitrogens is 1.